The van der Waals surface area contributed by atoms with Gasteiger partial charge in [-0.15, -0.1) is 0 Å². The summed E-state index contributed by atoms with van der Waals surface area (Å²) in [6, 6.07) is 16.2. The SMILES string of the molecule is CCCCCCC1=Cc2c(cccc2-c2ccc(CCCCCC)cc2)C1.[Cl][Zr][Cl]. The van der Waals surface area contributed by atoms with E-state index < -0.39 is 20.8 Å². The summed E-state index contributed by atoms with van der Waals surface area (Å²) in [7, 11) is 9.87. The summed E-state index contributed by atoms with van der Waals surface area (Å²) >= 11 is -0.826. The molecule has 162 valence electrons. The van der Waals surface area contributed by atoms with E-state index in [0.29, 0.717) is 0 Å². The molecule has 0 fully saturated rings. The van der Waals surface area contributed by atoms with Crippen molar-refractivity contribution < 1.29 is 20.8 Å². The molecule has 3 heteroatoms. The molecule has 0 saturated heterocycles. The third-order valence-corrected chi connectivity index (χ3v) is 5.90. The molecule has 0 aliphatic heterocycles. The quantitative estimate of drug-likeness (QED) is 0.258. The molecule has 0 unspecified atom stereocenters. The van der Waals surface area contributed by atoms with Crippen molar-refractivity contribution in [2.24, 2.45) is 0 Å². The van der Waals surface area contributed by atoms with E-state index >= 15 is 0 Å². The van der Waals surface area contributed by atoms with E-state index in [1.54, 1.807) is 5.57 Å². The van der Waals surface area contributed by atoms with E-state index in [9.17, 15) is 0 Å². The summed E-state index contributed by atoms with van der Waals surface area (Å²) < 4.78 is 0. The van der Waals surface area contributed by atoms with Crippen molar-refractivity contribution in [3.8, 4) is 11.1 Å². The Balaban J connectivity index is 0.00000101. The van der Waals surface area contributed by atoms with E-state index in [4.69, 9.17) is 17.0 Å². The molecule has 30 heavy (non-hydrogen) atoms. The van der Waals surface area contributed by atoms with Crippen molar-refractivity contribution in [2.75, 3.05) is 0 Å². The minimum absolute atomic E-state index is 0.826. The fraction of sp³-hybridized carbons (Fsp3) is 0.481. The Morgan fingerprint density at radius 2 is 1.40 bits per heavy atom. The van der Waals surface area contributed by atoms with Gasteiger partial charge < -0.3 is 0 Å². The average molecular weight is 523 g/mol. The maximum absolute atomic E-state index is 4.93. The molecule has 0 spiro atoms. The van der Waals surface area contributed by atoms with Gasteiger partial charge in [-0.2, -0.15) is 0 Å². The molecular formula is C27H36Cl2Zr. The molecule has 0 amide bonds. The van der Waals surface area contributed by atoms with Gasteiger partial charge in [0.15, 0.2) is 0 Å². The summed E-state index contributed by atoms with van der Waals surface area (Å²) in [5, 5.41) is 0. The van der Waals surface area contributed by atoms with Crippen molar-refractivity contribution >= 4 is 23.1 Å². The number of fused-ring (bicyclic) bond motifs is 1. The van der Waals surface area contributed by atoms with Gasteiger partial charge in [0.1, 0.15) is 0 Å². The number of halogens is 2. The first-order chi connectivity index (χ1) is 14.7. The van der Waals surface area contributed by atoms with Crippen molar-refractivity contribution in [3.05, 3.63) is 64.7 Å². The molecule has 0 aromatic heterocycles. The number of hydrogen-bond acceptors (Lipinski definition) is 0. The molecular weight excluding hydrogens is 486 g/mol. The first kappa shape index (κ1) is 25.9. The van der Waals surface area contributed by atoms with Crippen LogP contribution in [0.25, 0.3) is 17.2 Å². The number of allylic oxidation sites excluding steroid dienone is 1. The second-order valence-corrected chi connectivity index (χ2v) is 12.0. The first-order valence-electron chi connectivity index (χ1n) is 11.6. The molecule has 0 saturated carbocycles. The van der Waals surface area contributed by atoms with Crippen molar-refractivity contribution in [2.45, 2.75) is 84.5 Å². The standard InChI is InChI=1S/C27H36.2ClH.Zr/c1-3-5-7-9-12-22-16-18-24(19-17-22)26-15-11-14-25-20-23(21-27(25)26)13-10-8-6-4-2;;;/h11,14-19,21H,3-10,12-13,20H2,1-2H3;2*1H;/q;;;+2/p-2. The number of benzene rings is 2. The third kappa shape index (κ3) is 8.64. The summed E-state index contributed by atoms with van der Waals surface area (Å²) in [4.78, 5) is 0. The van der Waals surface area contributed by atoms with Crippen LogP contribution in [0, 0.1) is 0 Å². The second-order valence-electron chi connectivity index (χ2n) is 8.25. The van der Waals surface area contributed by atoms with E-state index in [0.717, 1.165) is 6.42 Å². The van der Waals surface area contributed by atoms with Gasteiger partial charge in [-0.1, -0.05) is 106 Å². The van der Waals surface area contributed by atoms with Crippen LogP contribution in [0.5, 0.6) is 0 Å². The molecule has 1 aliphatic carbocycles. The van der Waals surface area contributed by atoms with Crippen LogP contribution >= 0.6 is 17.0 Å². The predicted octanol–water partition coefficient (Wildman–Crippen LogP) is 9.76. The number of rotatable bonds is 11. The molecule has 0 nitrogen and oxygen atoms in total. The van der Waals surface area contributed by atoms with Gasteiger partial charge in [-0.05, 0) is 59.9 Å². The normalized spacial score (nSPS) is 12.1. The summed E-state index contributed by atoms with van der Waals surface area (Å²) in [5.74, 6) is 0. The van der Waals surface area contributed by atoms with Gasteiger partial charge in [0, 0.05) is 0 Å². The van der Waals surface area contributed by atoms with E-state index in [1.807, 2.05) is 0 Å². The minimum atomic E-state index is -0.826. The fourth-order valence-electron chi connectivity index (χ4n) is 4.24. The van der Waals surface area contributed by atoms with Crippen LogP contribution in [-0.2, 0) is 33.7 Å². The topological polar surface area (TPSA) is 0 Å². The van der Waals surface area contributed by atoms with Crippen LogP contribution in [0.15, 0.2) is 48.0 Å². The van der Waals surface area contributed by atoms with Gasteiger partial charge in [0.2, 0.25) is 0 Å². The van der Waals surface area contributed by atoms with Crippen molar-refractivity contribution in [1.82, 2.24) is 0 Å². The Morgan fingerprint density at radius 3 is 2.03 bits per heavy atom. The predicted molar refractivity (Wildman–Crippen MR) is 132 cm³/mol. The zero-order valence-corrected chi connectivity index (χ0v) is 22.6. The Labute approximate surface area is 203 Å². The van der Waals surface area contributed by atoms with Crippen LogP contribution in [0.2, 0.25) is 0 Å². The molecule has 1 aliphatic rings. The number of aryl methyl sites for hydroxylation is 1. The van der Waals surface area contributed by atoms with E-state index in [2.05, 4.69) is 62.4 Å². The Morgan fingerprint density at radius 1 is 0.767 bits per heavy atom. The molecule has 3 rings (SSSR count). The van der Waals surface area contributed by atoms with Crippen molar-refractivity contribution in [1.29, 1.82) is 0 Å². The summed E-state index contributed by atoms with van der Waals surface area (Å²) in [6.45, 7) is 4.56. The molecule has 0 heterocycles. The second kappa shape index (κ2) is 15.4. The van der Waals surface area contributed by atoms with E-state index in [1.165, 1.54) is 92.0 Å². The molecule has 0 radical (unpaired) electrons. The monoisotopic (exact) mass is 520 g/mol. The third-order valence-electron chi connectivity index (χ3n) is 5.90. The van der Waals surface area contributed by atoms with Gasteiger partial charge in [0.05, 0.1) is 0 Å². The van der Waals surface area contributed by atoms with Crippen LogP contribution < -0.4 is 0 Å². The number of unbranched alkanes of at least 4 members (excludes halogenated alkanes) is 6. The Kier molecular flexibility index (Phi) is 13.3. The van der Waals surface area contributed by atoms with E-state index in [-0.39, 0.29) is 0 Å². The molecule has 2 aromatic rings. The van der Waals surface area contributed by atoms with Crippen LogP contribution in [0.4, 0.5) is 0 Å². The van der Waals surface area contributed by atoms with Crippen LogP contribution in [0.1, 0.15) is 88.3 Å². The van der Waals surface area contributed by atoms with Gasteiger partial charge in [-0.25, -0.2) is 0 Å². The molecule has 0 bridgehead atoms. The Bertz CT molecular complexity index is 765. The molecule has 0 atom stereocenters. The van der Waals surface area contributed by atoms with Crippen LogP contribution in [-0.4, -0.2) is 0 Å². The maximum atomic E-state index is 4.93. The first-order valence-corrected chi connectivity index (χ1v) is 17.9. The Hall–Kier alpha value is -0.357. The average Bonchev–Trinajstić information content (AvgIpc) is 3.18. The summed E-state index contributed by atoms with van der Waals surface area (Å²) in [6.07, 6.45) is 16.9. The number of hydrogen-bond donors (Lipinski definition) is 0. The van der Waals surface area contributed by atoms with Crippen LogP contribution in [0.3, 0.4) is 0 Å². The van der Waals surface area contributed by atoms with Gasteiger partial charge in [-0.3, -0.25) is 0 Å². The zero-order chi connectivity index (χ0) is 21.6. The van der Waals surface area contributed by atoms with Crippen molar-refractivity contribution in [3.63, 3.8) is 0 Å². The molecule has 0 N–H and O–H groups in total. The summed E-state index contributed by atoms with van der Waals surface area (Å²) in [5.41, 5.74) is 8.87. The van der Waals surface area contributed by atoms with Gasteiger partial charge >= 0.3 is 37.9 Å². The molecule has 2 aromatic carbocycles. The van der Waals surface area contributed by atoms with Gasteiger partial charge in [0.25, 0.3) is 0 Å². The zero-order valence-electron chi connectivity index (χ0n) is 18.7. The fourth-order valence-corrected chi connectivity index (χ4v) is 4.24.